The smallest absolute Gasteiger partial charge is 0.223 e. The van der Waals surface area contributed by atoms with Crippen molar-refractivity contribution in [1.82, 2.24) is 9.80 Å². The highest BCUT2D eigenvalue weighted by atomic mass is 16.5. The summed E-state index contributed by atoms with van der Waals surface area (Å²) in [6, 6.07) is 13.3. The molecule has 11 heteroatoms. The second kappa shape index (κ2) is 12.1. The predicted molar refractivity (Wildman–Crippen MR) is 160 cm³/mol. The van der Waals surface area contributed by atoms with E-state index in [0.29, 0.717) is 54.6 Å². The summed E-state index contributed by atoms with van der Waals surface area (Å²) in [4.78, 5) is 31.0. The van der Waals surface area contributed by atoms with Gasteiger partial charge in [-0.05, 0) is 24.7 Å². The fourth-order valence-electron chi connectivity index (χ4n) is 5.49. The van der Waals surface area contributed by atoms with Gasteiger partial charge in [0, 0.05) is 55.7 Å². The molecule has 226 valence electrons. The number of carbonyl (C=O) groups excluding carboxylic acids is 1. The molecule has 4 aromatic rings. The van der Waals surface area contributed by atoms with Crippen LogP contribution >= 0.6 is 0 Å². The fourth-order valence-corrected chi connectivity index (χ4v) is 5.49. The van der Waals surface area contributed by atoms with Gasteiger partial charge in [0.15, 0.2) is 28.4 Å². The molecule has 0 aliphatic carbocycles. The van der Waals surface area contributed by atoms with Crippen molar-refractivity contribution < 1.29 is 38.7 Å². The van der Waals surface area contributed by atoms with Crippen molar-refractivity contribution in [2.75, 3.05) is 54.6 Å². The van der Waals surface area contributed by atoms with Crippen LogP contribution in [-0.4, -0.2) is 85.6 Å². The summed E-state index contributed by atoms with van der Waals surface area (Å²) in [5.41, 5.74) is 0.188. The van der Waals surface area contributed by atoms with Crippen molar-refractivity contribution in [3.63, 3.8) is 0 Å². The molecule has 43 heavy (non-hydrogen) atoms. The van der Waals surface area contributed by atoms with Gasteiger partial charge < -0.3 is 43.7 Å². The van der Waals surface area contributed by atoms with E-state index in [1.54, 1.807) is 41.3 Å². The topological polar surface area (TPSA) is 142 Å². The van der Waals surface area contributed by atoms with Crippen molar-refractivity contribution in [2.45, 2.75) is 12.3 Å². The third-order valence-electron chi connectivity index (χ3n) is 7.86. The van der Waals surface area contributed by atoms with Gasteiger partial charge >= 0.3 is 0 Å². The highest BCUT2D eigenvalue weighted by Crippen LogP contribution is 2.51. The molecule has 1 saturated heterocycles. The first-order valence-corrected chi connectivity index (χ1v) is 13.7. The molecule has 2 heterocycles. The van der Waals surface area contributed by atoms with Gasteiger partial charge in [0.2, 0.25) is 17.4 Å². The van der Waals surface area contributed by atoms with Crippen molar-refractivity contribution in [1.29, 1.82) is 0 Å². The minimum Gasteiger partial charge on any atom is -0.504 e. The van der Waals surface area contributed by atoms with E-state index in [0.717, 1.165) is 0 Å². The lowest BCUT2D eigenvalue weighted by Gasteiger charge is -2.33. The molecule has 11 nitrogen and oxygen atoms in total. The number of methoxy groups -OCH3 is 3. The standard InChI is InChI=1S/C32H34N2O9/c1-33-10-12-34(13-11-33)25(36)16-20(19-14-23(40-2)31(42-4)24(15-19)41-3)26-28(37)30(39)29(38)27-21(35)17-22(43-32(26)27)18-8-6-5-7-9-18/h5-9,14-15,17,20,37-39H,10-13,16H2,1-4H3. The van der Waals surface area contributed by atoms with E-state index in [-0.39, 0.29) is 34.6 Å². The number of likely N-dealkylation sites (N-methyl/N-ethyl adjacent to an activating group) is 1. The Kier molecular flexibility index (Phi) is 8.36. The Morgan fingerprint density at radius 3 is 2.09 bits per heavy atom. The van der Waals surface area contributed by atoms with Crippen LogP contribution in [0, 0.1) is 0 Å². The summed E-state index contributed by atoms with van der Waals surface area (Å²) < 4.78 is 22.8. The summed E-state index contributed by atoms with van der Waals surface area (Å²) in [6.07, 6.45) is -0.172. The molecule has 0 bridgehead atoms. The summed E-state index contributed by atoms with van der Waals surface area (Å²) >= 11 is 0. The number of benzene rings is 3. The van der Waals surface area contributed by atoms with Crippen LogP contribution in [0.25, 0.3) is 22.3 Å². The molecule has 1 aliphatic rings. The van der Waals surface area contributed by atoms with Crippen LogP contribution in [0.5, 0.6) is 34.5 Å². The molecule has 1 atom stereocenters. The molecule has 5 rings (SSSR count). The molecule has 1 fully saturated rings. The average Bonchev–Trinajstić information content (AvgIpc) is 3.02. The molecule has 1 aromatic heterocycles. The Morgan fingerprint density at radius 1 is 0.884 bits per heavy atom. The number of fused-ring (bicyclic) bond motifs is 1. The van der Waals surface area contributed by atoms with Gasteiger partial charge in [0.25, 0.3) is 0 Å². The zero-order valence-corrected chi connectivity index (χ0v) is 24.4. The Balaban J connectivity index is 1.79. The summed E-state index contributed by atoms with van der Waals surface area (Å²) in [7, 11) is 6.35. The van der Waals surface area contributed by atoms with E-state index in [2.05, 4.69) is 4.90 Å². The van der Waals surface area contributed by atoms with Gasteiger partial charge in [-0.2, -0.15) is 0 Å². The normalized spacial score (nSPS) is 14.5. The third-order valence-corrected chi connectivity index (χ3v) is 7.86. The number of aromatic hydroxyl groups is 3. The number of ether oxygens (including phenoxy) is 3. The molecule has 3 N–H and O–H groups in total. The van der Waals surface area contributed by atoms with Crippen molar-refractivity contribution in [3.8, 4) is 45.8 Å². The highest BCUT2D eigenvalue weighted by molar-refractivity contribution is 5.94. The number of rotatable bonds is 8. The lowest BCUT2D eigenvalue weighted by molar-refractivity contribution is -0.133. The van der Waals surface area contributed by atoms with E-state index >= 15 is 0 Å². The van der Waals surface area contributed by atoms with E-state index < -0.39 is 28.6 Å². The second-order valence-corrected chi connectivity index (χ2v) is 10.4. The Bertz CT molecular complexity index is 1690. The molecule has 1 amide bonds. The number of nitrogens with zero attached hydrogens (tertiary/aromatic N) is 2. The SMILES string of the molecule is COc1cc(C(CC(=O)N2CCN(C)CC2)c2c(O)c(O)c(O)c3c(=O)cc(-c4ccccc4)oc23)cc(OC)c1OC. The average molecular weight is 591 g/mol. The van der Waals surface area contributed by atoms with Crippen LogP contribution in [-0.2, 0) is 4.79 Å². The van der Waals surface area contributed by atoms with E-state index in [4.69, 9.17) is 18.6 Å². The quantitative estimate of drug-likeness (QED) is 0.259. The Labute approximate surface area is 248 Å². The number of piperazine rings is 1. The molecular formula is C32H34N2O9. The van der Waals surface area contributed by atoms with Crippen LogP contribution in [0.3, 0.4) is 0 Å². The molecule has 0 radical (unpaired) electrons. The fraction of sp³-hybridized carbons (Fsp3) is 0.312. The lowest BCUT2D eigenvalue weighted by Crippen LogP contribution is -2.47. The predicted octanol–water partition coefficient (Wildman–Crippen LogP) is 3.90. The van der Waals surface area contributed by atoms with Gasteiger partial charge in [0.1, 0.15) is 16.7 Å². The van der Waals surface area contributed by atoms with Gasteiger partial charge in [0.05, 0.1) is 21.3 Å². The number of hydrogen-bond donors (Lipinski definition) is 3. The van der Waals surface area contributed by atoms with E-state index in [9.17, 15) is 24.9 Å². The van der Waals surface area contributed by atoms with Crippen molar-refractivity contribution >= 4 is 16.9 Å². The van der Waals surface area contributed by atoms with Crippen LogP contribution in [0.2, 0.25) is 0 Å². The number of phenolic OH excluding ortho intramolecular Hbond substituents is 3. The first-order valence-electron chi connectivity index (χ1n) is 13.7. The lowest BCUT2D eigenvalue weighted by atomic mass is 9.85. The maximum absolute atomic E-state index is 13.8. The van der Waals surface area contributed by atoms with Gasteiger partial charge in [-0.15, -0.1) is 0 Å². The van der Waals surface area contributed by atoms with Crippen molar-refractivity contribution in [3.05, 3.63) is 69.9 Å². The minimum atomic E-state index is -0.982. The first kappa shape index (κ1) is 29.6. The minimum absolute atomic E-state index is 0.0445. The van der Waals surface area contributed by atoms with Crippen LogP contribution in [0.15, 0.2) is 57.7 Å². The van der Waals surface area contributed by atoms with Crippen molar-refractivity contribution in [2.24, 2.45) is 0 Å². The van der Waals surface area contributed by atoms with Gasteiger partial charge in [-0.25, -0.2) is 0 Å². The maximum Gasteiger partial charge on any atom is 0.223 e. The Morgan fingerprint density at radius 2 is 1.51 bits per heavy atom. The number of amides is 1. The van der Waals surface area contributed by atoms with Crippen LogP contribution in [0.4, 0.5) is 0 Å². The van der Waals surface area contributed by atoms with Crippen LogP contribution in [0.1, 0.15) is 23.5 Å². The van der Waals surface area contributed by atoms with E-state index in [1.165, 1.54) is 27.4 Å². The third kappa shape index (κ3) is 5.51. The summed E-state index contributed by atoms with van der Waals surface area (Å²) in [5, 5.41) is 32.7. The Hall–Kier alpha value is -4.90. The second-order valence-electron chi connectivity index (χ2n) is 10.4. The van der Waals surface area contributed by atoms with Gasteiger partial charge in [-0.3, -0.25) is 9.59 Å². The molecule has 0 spiro atoms. The molecule has 1 unspecified atom stereocenters. The monoisotopic (exact) mass is 590 g/mol. The largest absolute Gasteiger partial charge is 0.504 e. The molecule has 1 aliphatic heterocycles. The molecule has 0 saturated carbocycles. The first-order chi connectivity index (χ1) is 20.7. The van der Waals surface area contributed by atoms with E-state index in [1.807, 2.05) is 13.1 Å². The summed E-state index contributed by atoms with van der Waals surface area (Å²) in [6.45, 7) is 2.42. The highest BCUT2D eigenvalue weighted by Gasteiger charge is 2.33. The van der Waals surface area contributed by atoms with Gasteiger partial charge in [-0.1, -0.05) is 30.3 Å². The number of hydrogen-bond acceptors (Lipinski definition) is 10. The summed E-state index contributed by atoms with van der Waals surface area (Å²) in [5.74, 6) is -2.54. The zero-order chi connectivity index (χ0) is 30.8. The van der Waals surface area contributed by atoms with Crippen LogP contribution < -0.4 is 19.6 Å². The zero-order valence-electron chi connectivity index (χ0n) is 24.4. The molecular weight excluding hydrogens is 556 g/mol. The number of carbonyl (C=O) groups is 1. The maximum atomic E-state index is 13.8. The number of phenols is 3. The molecule has 3 aromatic carbocycles.